The molecule has 0 amide bonds. The molecule has 6 rings (SSSR count). The minimum absolute atomic E-state index is 0.158. The van der Waals surface area contributed by atoms with Gasteiger partial charge in [-0.1, -0.05) is 51.5 Å². The van der Waals surface area contributed by atoms with E-state index in [0.29, 0.717) is 33.0 Å². The van der Waals surface area contributed by atoms with Crippen molar-refractivity contribution in [1.29, 1.82) is 0 Å². The third kappa shape index (κ3) is 3.63. The Morgan fingerprint density at radius 3 is 2.79 bits per heavy atom. The molecule has 34 heavy (non-hydrogen) atoms. The number of pyridine rings is 1. The fourth-order valence-corrected chi connectivity index (χ4v) is 5.33. The second-order valence-corrected chi connectivity index (χ2v) is 9.65. The molecule has 5 aromatic rings. The molecule has 0 atom stereocenters. The van der Waals surface area contributed by atoms with Crippen LogP contribution in [0.2, 0.25) is 0 Å². The van der Waals surface area contributed by atoms with Crippen molar-refractivity contribution in [3.63, 3.8) is 0 Å². The zero-order chi connectivity index (χ0) is 23.2. The summed E-state index contributed by atoms with van der Waals surface area (Å²) in [6.45, 7) is 0.339. The molecule has 0 spiro atoms. The summed E-state index contributed by atoms with van der Waals surface area (Å²) in [6, 6.07) is 18.5. The van der Waals surface area contributed by atoms with Crippen LogP contribution in [-0.4, -0.2) is 27.7 Å². The third-order valence-electron chi connectivity index (χ3n) is 5.61. The summed E-state index contributed by atoms with van der Waals surface area (Å²) in [5.74, 6) is 1.12. The van der Waals surface area contributed by atoms with Gasteiger partial charge < -0.3 is 14.6 Å². The number of hydrogen-bond donors (Lipinski definition) is 1. The SMILES string of the molecule is O=c1c2ccccc2c(C=Nc2nc3ccc(Br)cc3s2)c(O)n1Cc1ccc2c(c1)OCO2. The number of aliphatic imine (C=N–C) groups is 1. The van der Waals surface area contributed by atoms with E-state index in [1.54, 1.807) is 30.5 Å². The van der Waals surface area contributed by atoms with E-state index >= 15 is 0 Å². The van der Waals surface area contributed by atoms with Crippen LogP contribution in [0.3, 0.4) is 0 Å². The van der Waals surface area contributed by atoms with Crippen molar-refractivity contribution in [3.05, 3.63) is 86.6 Å². The average Bonchev–Trinajstić information content (AvgIpc) is 3.47. The number of halogens is 1. The van der Waals surface area contributed by atoms with Crippen LogP contribution in [0.4, 0.5) is 5.13 Å². The summed E-state index contributed by atoms with van der Waals surface area (Å²) in [5.41, 5.74) is 1.82. The Morgan fingerprint density at radius 2 is 1.91 bits per heavy atom. The lowest BCUT2D eigenvalue weighted by Gasteiger charge is -2.14. The molecular weight excluding hydrogens is 518 g/mol. The molecule has 0 saturated heterocycles. The fraction of sp³-hybridized carbons (Fsp3) is 0.0800. The molecule has 1 N–H and O–H groups in total. The van der Waals surface area contributed by atoms with Crippen LogP contribution < -0.4 is 15.0 Å². The van der Waals surface area contributed by atoms with Crippen molar-refractivity contribution in [2.24, 2.45) is 4.99 Å². The molecular formula is C25H16BrN3O4S. The Morgan fingerprint density at radius 1 is 1.09 bits per heavy atom. The van der Waals surface area contributed by atoms with Crippen LogP contribution in [0.25, 0.3) is 21.0 Å². The second kappa shape index (κ2) is 8.27. The molecule has 0 radical (unpaired) electrons. The summed E-state index contributed by atoms with van der Waals surface area (Å²) in [6.07, 6.45) is 1.57. The third-order valence-corrected chi connectivity index (χ3v) is 7.03. The summed E-state index contributed by atoms with van der Waals surface area (Å²) in [4.78, 5) is 22.3. The number of fused-ring (bicyclic) bond motifs is 3. The Bertz CT molecular complexity index is 1670. The molecule has 2 aromatic heterocycles. The van der Waals surface area contributed by atoms with Gasteiger partial charge in [0.15, 0.2) is 11.5 Å². The van der Waals surface area contributed by atoms with E-state index in [2.05, 4.69) is 25.9 Å². The molecule has 1 aliphatic rings. The normalized spacial score (nSPS) is 12.9. The van der Waals surface area contributed by atoms with E-state index < -0.39 is 0 Å². The highest BCUT2D eigenvalue weighted by atomic mass is 79.9. The van der Waals surface area contributed by atoms with E-state index in [4.69, 9.17) is 9.47 Å². The molecule has 0 saturated carbocycles. The molecule has 1 aliphatic heterocycles. The second-order valence-electron chi connectivity index (χ2n) is 7.73. The number of nitrogens with zero attached hydrogens (tertiary/aromatic N) is 3. The lowest BCUT2D eigenvalue weighted by atomic mass is 10.1. The topological polar surface area (TPSA) is 85.9 Å². The molecule has 0 fully saturated rings. The minimum atomic E-state index is -0.284. The molecule has 9 heteroatoms. The van der Waals surface area contributed by atoms with Crippen molar-refractivity contribution >= 4 is 59.6 Å². The van der Waals surface area contributed by atoms with E-state index in [9.17, 15) is 9.90 Å². The number of thiazole rings is 1. The van der Waals surface area contributed by atoms with Gasteiger partial charge in [-0.3, -0.25) is 9.36 Å². The maximum absolute atomic E-state index is 13.3. The van der Waals surface area contributed by atoms with Gasteiger partial charge in [-0.05, 0) is 42.0 Å². The maximum Gasteiger partial charge on any atom is 0.261 e. The van der Waals surface area contributed by atoms with Crippen LogP contribution >= 0.6 is 27.3 Å². The number of aromatic nitrogens is 2. The monoisotopic (exact) mass is 533 g/mol. The molecule has 3 heterocycles. The fourth-order valence-electron chi connectivity index (χ4n) is 3.97. The van der Waals surface area contributed by atoms with Gasteiger partial charge >= 0.3 is 0 Å². The Hall–Kier alpha value is -3.69. The Kier molecular flexibility index (Phi) is 5.08. The number of ether oxygens (including phenoxy) is 2. The van der Waals surface area contributed by atoms with E-state index in [1.165, 1.54) is 15.9 Å². The molecule has 0 bridgehead atoms. The number of benzene rings is 3. The first kappa shape index (κ1) is 20.9. The maximum atomic E-state index is 13.3. The minimum Gasteiger partial charge on any atom is -0.494 e. The quantitative estimate of drug-likeness (QED) is 0.303. The molecule has 0 aliphatic carbocycles. The van der Waals surface area contributed by atoms with E-state index in [0.717, 1.165) is 20.3 Å². The summed E-state index contributed by atoms with van der Waals surface area (Å²) in [7, 11) is 0. The van der Waals surface area contributed by atoms with Crippen LogP contribution in [0.5, 0.6) is 17.4 Å². The van der Waals surface area contributed by atoms with Crippen molar-refractivity contribution in [2.45, 2.75) is 6.54 Å². The van der Waals surface area contributed by atoms with Crippen LogP contribution in [0, 0.1) is 0 Å². The predicted octanol–water partition coefficient (Wildman–Crippen LogP) is 5.61. The number of hydrogen-bond acceptors (Lipinski definition) is 7. The van der Waals surface area contributed by atoms with Crippen molar-refractivity contribution in [2.75, 3.05) is 6.79 Å². The van der Waals surface area contributed by atoms with Gasteiger partial charge in [0.25, 0.3) is 5.56 Å². The summed E-state index contributed by atoms with van der Waals surface area (Å²) >= 11 is 4.92. The van der Waals surface area contributed by atoms with E-state index in [1.807, 2.05) is 36.4 Å². The van der Waals surface area contributed by atoms with Crippen molar-refractivity contribution in [3.8, 4) is 17.4 Å². The van der Waals surface area contributed by atoms with Crippen LogP contribution in [-0.2, 0) is 6.54 Å². The van der Waals surface area contributed by atoms with Crippen molar-refractivity contribution in [1.82, 2.24) is 9.55 Å². The van der Waals surface area contributed by atoms with Crippen molar-refractivity contribution < 1.29 is 14.6 Å². The Balaban J connectivity index is 1.45. The lowest BCUT2D eigenvalue weighted by molar-refractivity contribution is 0.174. The highest BCUT2D eigenvalue weighted by molar-refractivity contribution is 9.10. The zero-order valence-corrected chi connectivity index (χ0v) is 20.0. The first-order chi connectivity index (χ1) is 16.6. The molecule has 0 unspecified atom stereocenters. The van der Waals surface area contributed by atoms with Gasteiger partial charge in [0.2, 0.25) is 17.8 Å². The largest absolute Gasteiger partial charge is 0.494 e. The van der Waals surface area contributed by atoms with Crippen LogP contribution in [0.15, 0.2) is 74.9 Å². The highest BCUT2D eigenvalue weighted by Gasteiger charge is 2.18. The van der Waals surface area contributed by atoms with Gasteiger partial charge in [0, 0.05) is 21.5 Å². The standard InChI is InChI=1S/C25H16BrN3O4S/c26-15-6-7-19-22(10-15)34-25(28-19)27-11-18-16-3-1-2-4-17(16)23(30)29(24(18)31)12-14-5-8-20-21(9-14)33-13-32-20/h1-11,31H,12-13H2. The van der Waals surface area contributed by atoms with Crippen LogP contribution in [0.1, 0.15) is 11.1 Å². The zero-order valence-electron chi connectivity index (χ0n) is 17.6. The predicted molar refractivity (Wildman–Crippen MR) is 136 cm³/mol. The lowest BCUT2D eigenvalue weighted by Crippen LogP contribution is -2.22. The number of rotatable bonds is 4. The van der Waals surface area contributed by atoms with Gasteiger partial charge in [-0.25, -0.2) is 9.98 Å². The summed E-state index contributed by atoms with van der Waals surface area (Å²) in [5, 5.41) is 12.9. The van der Waals surface area contributed by atoms with Gasteiger partial charge in [-0.2, -0.15) is 0 Å². The first-order valence-electron chi connectivity index (χ1n) is 10.4. The first-order valence-corrected chi connectivity index (χ1v) is 12.0. The smallest absolute Gasteiger partial charge is 0.261 e. The molecule has 3 aromatic carbocycles. The van der Waals surface area contributed by atoms with Gasteiger partial charge in [-0.15, -0.1) is 0 Å². The van der Waals surface area contributed by atoms with Gasteiger partial charge in [0.1, 0.15) is 0 Å². The average molecular weight is 534 g/mol. The van der Waals surface area contributed by atoms with Gasteiger partial charge in [0.05, 0.1) is 22.3 Å². The Labute approximate surface area is 205 Å². The van der Waals surface area contributed by atoms with E-state index in [-0.39, 0.29) is 24.8 Å². The molecule has 7 nitrogen and oxygen atoms in total. The highest BCUT2D eigenvalue weighted by Crippen LogP contribution is 2.34. The number of aromatic hydroxyl groups is 1. The summed E-state index contributed by atoms with van der Waals surface area (Å²) < 4.78 is 14.1. The molecule has 168 valence electrons.